The number of nitrogens with one attached hydrogen (secondary N) is 1. The topological polar surface area (TPSA) is 66.5 Å². The fraction of sp³-hybridized carbons (Fsp3) is 0.571. The van der Waals surface area contributed by atoms with Crippen LogP contribution in [0.4, 0.5) is 0 Å². The van der Waals surface area contributed by atoms with Crippen molar-refractivity contribution in [1.82, 2.24) is 10.2 Å². The van der Waals surface area contributed by atoms with Gasteiger partial charge < -0.3 is 4.90 Å². The van der Waals surface area contributed by atoms with Gasteiger partial charge in [-0.3, -0.25) is 19.7 Å². The monoisotopic (exact) mass is 202 g/mol. The van der Waals surface area contributed by atoms with E-state index >= 15 is 0 Å². The molecule has 6 heteroatoms. The Labute approximate surface area is 79.8 Å². The second kappa shape index (κ2) is 4.27. The third kappa shape index (κ3) is 2.73. The van der Waals surface area contributed by atoms with Crippen LogP contribution in [-0.2, 0) is 14.4 Å². The minimum absolute atomic E-state index is 0.00880. The van der Waals surface area contributed by atoms with Gasteiger partial charge >= 0.3 is 0 Å². The van der Waals surface area contributed by atoms with Crippen LogP contribution in [0.25, 0.3) is 0 Å². The molecule has 13 heavy (non-hydrogen) atoms. The molecule has 1 rings (SSSR count). The standard InChI is InChI=1S/C7H10N2O3S/c1-13-4-7(12)9-2-5(10)8-6(11)3-9/h2-4H2,1H3,(H,8,10,11). The maximum absolute atomic E-state index is 11.3. The van der Waals surface area contributed by atoms with Crippen LogP contribution in [0.3, 0.4) is 0 Å². The molecule has 3 amide bonds. The lowest BCUT2D eigenvalue weighted by Gasteiger charge is -2.24. The normalized spacial score (nSPS) is 17.2. The molecule has 1 saturated heterocycles. The predicted molar refractivity (Wildman–Crippen MR) is 48.1 cm³/mol. The number of hydrogen-bond donors (Lipinski definition) is 1. The lowest BCUT2D eigenvalue weighted by atomic mass is 10.3. The summed E-state index contributed by atoms with van der Waals surface area (Å²) in [6.45, 7) is -0.0176. The second-order valence-corrected chi connectivity index (χ2v) is 3.52. The summed E-state index contributed by atoms with van der Waals surface area (Å²) >= 11 is 1.37. The molecular formula is C7H10N2O3S. The number of carbonyl (C=O) groups excluding carboxylic acids is 3. The molecule has 0 atom stereocenters. The number of rotatable bonds is 2. The molecule has 5 nitrogen and oxygen atoms in total. The van der Waals surface area contributed by atoms with Gasteiger partial charge in [0, 0.05) is 0 Å². The van der Waals surface area contributed by atoms with Crippen LogP contribution < -0.4 is 5.32 Å². The minimum Gasteiger partial charge on any atom is -0.323 e. The molecule has 0 aromatic carbocycles. The van der Waals surface area contributed by atoms with Gasteiger partial charge in [0.25, 0.3) is 0 Å². The maximum atomic E-state index is 11.3. The van der Waals surface area contributed by atoms with E-state index in [0.717, 1.165) is 0 Å². The van der Waals surface area contributed by atoms with E-state index in [1.807, 2.05) is 0 Å². The van der Waals surface area contributed by atoms with Gasteiger partial charge in [0.1, 0.15) is 13.1 Å². The van der Waals surface area contributed by atoms with Crippen LogP contribution in [-0.4, -0.2) is 47.7 Å². The summed E-state index contributed by atoms with van der Waals surface area (Å²) in [6, 6.07) is 0. The van der Waals surface area contributed by atoms with E-state index in [2.05, 4.69) is 5.32 Å². The van der Waals surface area contributed by atoms with Crippen molar-refractivity contribution in [3.05, 3.63) is 0 Å². The van der Waals surface area contributed by atoms with E-state index in [1.54, 1.807) is 6.26 Å². The summed E-state index contributed by atoms with van der Waals surface area (Å²) in [5.41, 5.74) is 0. The molecule has 1 N–H and O–H groups in total. The first-order valence-corrected chi connectivity index (χ1v) is 5.12. The maximum Gasteiger partial charge on any atom is 0.246 e. The van der Waals surface area contributed by atoms with Crippen molar-refractivity contribution in [3.63, 3.8) is 0 Å². The van der Waals surface area contributed by atoms with Crippen LogP contribution >= 0.6 is 11.8 Å². The molecule has 0 aromatic heterocycles. The Balaban J connectivity index is 2.54. The van der Waals surface area contributed by atoms with Crippen LogP contribution in [0.2, 0.25) is 0 Å². The molecule has 0 spiro atoms. The number of amides is 3. The van der Waals surface area contributed by atoms with Gasteiger partial charge in [-0.15, -0.1) is 0 Å². The van der Waals surface area contributed by atoms with Gasteiger partial charge in [-0.25, -0.2) is 0 Å². The summed E-state index contributed by atoms with van der Waals surface area (Å²) in [5, 5.41) is 2.13. The van der Waals surface area contributed by atoms with E-state index in [4.69, 9.17) is 0 Å². The number of carbonyl (C=O) groups is 3. The Hall–Kier alpha value is -1.04. The molecule has 0 aromatic rings. The van der Waals surface area contributed by atoms with Crippen molar-refractivity contribution >= 4 is 29.5 Å². The van der Waals surface area contributed by atoms with E-state index < -0.39 is 11.8 Å². The molecule has 0 radical (unpaired) electrons. The first-order valence-electron chi connectivity index (χ1n) is 3.73. The first-order chi connectivity index (χ1) is 6.13. The predicted octanol–water partition coefficient (Wildman–Crippen LogP) is -1.17. The number of hydrogen-bond acceptors (Lipinski definition) is 4. The van der Waals surface area contributed by atoms with Crippen molar-refractivity contribution in [2.45, 2.75) is 0 Å². The lowest BCUT2D eigenvalue weighted by Crippen LogP contribution is -2.53. The fourth-order valence-corrected chi connectivity index (χ4v) is 1.46. The quantitative estimate of drug-likeness (QED) is 0.573. The van der Waals surface area contributed by atoms with Gasteiger partial charge in [0.2, 0.25) is 17.7 Å². The zero-order valence-electron chi connectivity index (χ0n) is 7.20. The molecule has 0 unspecified atom stereocenters. The summed E-state index contributed by atoms with van der Waals surface area (Å²) < 4.78 is 0. The lowest BCUT2D eigenvalue weighted by molar-refractivity contribution is -0.144. The van der Waals surface area contributed by atoms with Crippen LogP contribution in [0, 0.1) is 0 Å². The van der Waals surface area contributed by atoms with Crippen LogP contribution in [0.15, 0.2) is 0 Å². The van der Waals surface area contributed by atoms with Gasteiger partial charge in [-0.1, -0.05) is 0 Å². The minimum atomic E-state index is -0.411. The van der Waals surface area contributed by atoms with Crippen LogP contribution in [0.5, 0.6) is 0 Å². The summed E-state index contributed by atoms with van der Waals surface area (Å²) in [4.78, 5) is 34.2. The number of piperazine rings is 1. The highest BCUT2D eigenvalue weighted by Gasteiger charge is 2.25. The molecule has 1 heterocycles. The highest BCUT2D eigenvalue weighted by atomic mass is 32.2. The zero-order valence-corrected chi connectivity index (χ0v) is 8.02. The Bertz CT molecular complexity index is 238. The average molecular weight is 202 g/mol. The average Bonchev–Trinajstić information content (AvgIpc) is 2.03. The molecule has 0 bridgehead atoms. The largest absolute Gasteiger partial charge is 0.323 e. The van der Waals surface area contributed by atoms with Gasteiger partial charge in [0.05, 0.1) is 5.75 Å². The summed E-state index contributed by atoms with van der Waals surface area (Å²) in [7, 11) is 0. The van der Waals surface area contributed by atoms with E-state index in [1.165, 1.54) is 16.7 Å². The van der Waals surface area contributed by atoms with E-state index in [-0.39, 0.29) is 19.0 Å². The first kappa shape index (κ1) is 10.0. The summed E-state index contributed by atoms with van der Waals surface area (Å²) in [6.07, 6.45) is 1.80. The molecule has 0 saturated carbocycles. The van der Waals surface area contributed by atoms with E-state index in [0.29, 0.717) is 5.75 Å². The van der Waals surface area contributed by atoms with Crippen molar-refractivity contribution < 1.29 is 14.4 Å². The number of thioether (sulfide) groups is 1. The highest BCUT2D eigenvalue weighted by molar-refractivity contribution is 7.99. The van der Waals surface area contributed by atoms with Crippen LogP contribution in [0.1, 0.15) is 0 Å². The molecule has 1 fully saturated rings. The molecule has 0 aliphatic carbocycles. The van der Waals surface area contributed by atoms with Crippen molar-refractivity contribution in [3.8, 4) is 0 Å². The third-order valence-electron chi connectivity index (χ3n) is 1.57. The summed E-state index contributed by atoms with van der Waals surface area (Å²) in [5.74, 6) is -0.687. The Morgan fingerprint density at radius 1 is 1.46 bits per heavy atom. The van der Waals surface area contributed by atoms with Crippen molar-refractivity contribution in [2.24, 2.45) is 0 Å². The van der Waals surface area contributed by atoms with Gasteiger partial charge in [-0.05, 0) is 6.26 Å². The molecule has 1 aliphatic heterocycles. The van der Waals surface area contributed by atoms with E-state index in [9.17, 15) is 14.4 Å². The van der Waals surface area contributed by atoms with Crippen molar-refractivity contribution in [1.29, 1.82) is 0 Å². The SMILES string of the molecule is CSCC(=O)N1CC(=O)NC(=O)C1. The Morgan fingerprint density at radius 3 is 2.46 bits per heavy atom. The smallest absolute Gasteiger partial charge is 0.246 e. The zero-order chi connectivity index (χ0) is 9.84. The molecule has 72 valence electrons. The number of imide groups is 1. The third-order valence-corrected chi connectivity index (χ3v) is 2.10. The molecular weight excluding hydrogens is 192 g/mol. The van der Waals surface area contributed by atoms with Gasteiger partial charge in [-0.2, -0.15) is 11.8 Å². The Morgan fingerprint density at radius 2 is 2.00 bits per heavy atom. The van der Waals surface area contributed by atoms with Gasteiger partial charge in [0.15, 0.2) is 0 Å². The Kier molecular flexibility index (Phi) is 3.30. The highest BCUT2D eigenvalue weighted by Crippen LogP contribution is 2.00. The fourth-order valence-electron chi connectivity index (χ4n) is 1.03. The second-order valence-electron chi connectivity index (χ2n) is 2.65. The van der Waals surface area contributed by atoms with Crippen molar-refractivity contribution in [2.75, 3.05) is 25.1 Å². The number of nitrogens with zero attached hydrogens (tertiary/aromatic N) is 1. The molecule has 1 aliphatic rings.